The second-order valence-electron chi connectivity index (χ2n) is 4.66. The van der Waals surface area contributed by atoms with Gasteiger partial charge in [-0.15, -0.1) is 0 Å². The highest BCUT2D eigenvalue weighted by Gasteiger charge is 2.06. The number of carbonyl (C=O) groups excluding carboxylic acids is 2. The van der Waals surface area contributed by atoms with Crippen molar-refractivity contribution >= 4 is 17.6 Å². The van der Waals surface area contributed by atoms with Gasteiger partial charge in [-0.3, -0.25) is 4.79 Å². The van der Waals surface area contributed by atoms with Gasteiger partial charge in [0.25, 0.3) is 0 Å². The summed E-state index contributed by atoms with van der Waals surface area (Å²) in [6.45, 7) is 7.40. The van der Waals surface area contributed by atoms with E-state index in [0.29, 0.717) is 12.2 Å². The first-order valence-electron chi connectivity index (χ1n) is 7.21. The molecule has 0 spiro atoms. The molecule has 0 saturated heterocycles. The van der Waals surface area contributed by atoms with Gasteiger partial charge >= 0.3 is 6.03 Å². The van der Waals surface area contributed by atoms with Crippen molar-refractivity contribution in [3.05, 3.63) is 29.8 Å². The topological polar surface area (TPSA) is 82.3 Å². The predicted octanol–water partition coefficient (Wildman–Crippen LogP) is 1.61. The Balaban J connectivity index is 2.44. The first-order chi connectivity index (χ1) is 10.1. The summed E-state index contributed by atoms with van der Waals surface area (Å²) in [5.41, 5.74) is 1.85. The summed E-state index contributed by atoms with van der Waals surface area (Å²) >= 11 is 0. The van der Waals surface area contributed by atoms with Crippen LogP contribution in [-0.4, -0.2) is 31.6 Å². The molecule has 0 heterocycles. The van der Waals surface area contributed by atoms with Gasteiger partial charge in [0.15, 0.2) is 0 Å². The molecule has 1 rings (SSSR count). The van der Waals surface area contributed by atoms with Gasteiger partial charge in [0.1, 0.15) is 0 Å². The molecule has 1 atom stereocenters. The zero-order valence-electron chi connectivity index (χ0n) is 12.8. The minimum absolute atomic E-state index is 0.0325. The fourth-order valence-corrected chi connectivity index (χ4v) is 1.87. The Morgan fingerprint density at radius 2 is 1.71 bits per heavy atom. The molecule has 116 valence electrons. The Morgan fingerprint density at radius 3 is 2.29 bits per heavy atom. The molecule has 1 aromatic rings. The van der Waals surface area contributed by atoms with Crippen molar-refractivity contribution in [2.75, 3.05) is 25.0 Å². The first-order valence-corrected chi connectivity index (χ1v) is 7.21. The van der Waals surface area contributed by atoms with Crippen LogP contribution in [0.25, 0.3) is 0 Å². The molecule has 1 aromatic carbocycles. The fourth-order valence-electron chi connectivity index (χ4n) is 1.87. The third-order valence-electron chi connectivity index (χ3n) is 2.96. The summed E-state index contributed by atoms with van der Waals surface area (Å²) in [6, 6.07) is 7.49. The van der Waals surface area contributed by atoms with Crippen LogP contribution in [-0.2, 0) is 4.79 Å². The third-order valence-corrected chi connectivity index (χ3v) is 2.96. The standard InChI is InChI=1S/C15H24N4O2/c1-4-16-11(3)12-6-8-13(9-7-12)19-15(21)18-10-14(20)17-5-2/h6-9,11,16H,4-5,10H2,1-3H3,(H,17,20)(H2,18,19,21). The molecular formula is C15H24N4O2. The van der Waals surface area contributed by atoms with Crippen LogP contribution < -0.4 is 21.3 Å². The molecule has 3 amide bonds. The van der Waals surface area contributed by atoms with E-state index in [1.54, 1.807) is 0 Å². The summed E-state index contributed by atoms with van der Waals surface area (Å²) in [7, 11) is 0. The number of nitrogens with one attached hydrogen (secondary N) is 4. The molecule has 0 aromatic heterocycles. The average Bonchev–Trinajstić information content (AvgIpc) is 2.46. The van der Waals surface area contributed by atoms with Gasteiger partial charge in [-0.05, 0) is 38.1 Å². The van der Waals surface area contributed by atoms with E-state index >= 15 is 0 Å². The number of carbonyl (C=O) groups is 2. The number of hydrogen-bond acceptors (Lipinski definition) is 3. The van der Waals surface area contributed by atoms with E-state index in [1.807, 2.05) is 31.2 Å². The minimum atomic E-state index is -0.395. The largest absolute Gasteiger partial charge is 0.355 e. The molecule has 0 aliphatic heterocycles. The van der Waals surface area contributed by atoms with Gasteiger partial charge < -0.3 is 21.3 Å². The number of benzene rings is 1. The number of urea groups is 1. The van der Waals surface area contributed by atoms with Crippen LogP contribution in [0.1, 0.15) is 32.4 Å². The van der Waals surface area contributed by atoms with Gasteiger partial charge in [0, 0.05) is 18.3 Å². The molecule has 6 nitrogen and oxygen atoms in total. The number of hydrogen-bond donors (Lipinski definition) is 4. The van der Waals surface area contributed by atoms with E-state index in [4.69, 9.17) is 0 Å². The quantitative estimate of drug-likeness (QED) is 0.616. The number of anilines is 1. The zero-order chi connectivity index (χ0) is 15.7. The van der Waals surface area contributed by atoms with Gasteiger partial charge in [0.2, 0.25) is 5.91 Å². The smallest absolute Gasteiger partial charge is 0.319 e. The van der Waals surface area contributed by atoms with Crippen molar-refractivity contribution in [3.8, 4) is 0 Å². The van der Waals surface area contributed by atoms with Crippen LogP contribution in [0.4, 0.5) is 10.5 Å². The zero-order valence-corrected chi connectivity index (χ0v) is 12.8. The van der Waals surface area contributed by atoms with E-state index in [1.165, 1.54) is 0 Å². The summed E-state index contributed by atoms with van der Waals surface area (Å²) in [5, 5.41) is 11.1. The lowest BCUT2D eigenvalue weighted by Crippen LogP contribution is -2.38. The summed E-state index contributed by atoms with van der Waals surface area (Å²) in [4.78, 5) is 22.8. The van der Waals surface area contributed by atoms with E-state index in [-0.39, 0.29) is 18.5 Å². The lowest BCUT2D eigenvalue weighted by molar-refractivity contribution is -0.119. The van der Waals surface area contributed by atoms with Crippen molar-refractivity contribution in [2.24, 2.45) is 0 Å². The molecule has 21 heavy (non-hydrogen) atoms. The maximum Gasteiger partial charge on any atom is 0.319 e. The number of likely N-dealkylation sites (N-methyl/N-ethyl adjacent to an activating group) is 1. The normalized spacial score (nSPS) is 11.6. The summed E-state index contributed by atoms with van der Waals surface area (Å²) in [5.74, 6) is -0.206. The Bertz CT molecular complexity index is 459. The van der Waals surface area contributed by atoms with Crippen LogP contribution in [0.15, 0.2) is 24.3 Å². The van der Waals surface area contributed by atoms with Gasteiger partial charge in [-0.25, -0.2) is 4.79 Å². The van der Waals surface area contributed by atoms with Gasteiger partial charge in [-0.2, -0.15) is 0 Å². The van der Waals surface area contributed by atoms with Crippen LogP contribution in [0.3, 0.4) is 0 Å². The van der Waals surface area contributed by atoms with Crippen molar-refractivity contribution in [1.29, 1.82) is 0 Å². The molecule has 0 bridgehead atoms. The maximum absolute atomic E-state index is 11.6. The SMILES string of the molecule is CCNC(=O)CNC(=O)Nc1ccc(C(C)NCC)cc1. The van der Waals surface area contributed by atoms with E-state index < -0.39 is 6.03 Å². The summed E-state index contributed by atoms with van der Waals surface area (Å²) in [6.07, 6.45) is 0. The molecule has 4 N–H and O–H groups in total. The van der Waals surface area contributed by atoms with E-state index in [0.717, 1.165) is 12.1 Å². The van der Waals surface area contributed by atoms with Gasteiger partial charge in [-0.1, -0.05) is 19.1 Å². The molecule has 0 saturated carbocycles. The third kappa shape index (κ3) is 6.27. The van der Waals surface area contributed by atoms with E-state index in [2.05, 4.69) is 35.1 Å². The highest BCUT2D eigenvalue weighted by molar-refractivity contribution is 5.92. The molecule has 0 aliphatic carbocycles. The Morgan fingerprint density at radius 1 is 1.05 bits per heavy atom. The van der Waals surface area contributed by atoms with Crippen molar-refractivity contribution in [3.63, 3.8) is 0 Å². The van der Waals surface area contributed by atoms with E-state index in [9.17, 15) is 9.59 Å². The Kier molecular flexibility index (Phi) is 7.25. The van der Waals surface area contributed by atoms with Gasteiger partial charge in [0.05, 0.1) is 6.54 Å². The van der Waals surface area contributed by atoms with Crippen molar-refractivity contribution in [1.82, 2.24) is 16.0 Å². The molecule has 0 fully saturated rings. The van der Waals surface area contributed by atoms with Crippen LogP contribution >= 0.6 is 0 Å². The Hall–Kier alpha value is -2.08. The highest BCUT2D eigenvalue weighted by atomic mass is 16.2. The average molecular weight is 292 g/mol. The van der Waals surface area contributed by atoms with Crippen molar-refractivity contribution in [2.45, 2.75) is 26.8 Å². The predicted molar refractivity (Wildman–Crippen MR) is 84.2 cm³/mol. The molecular weight excluding hydrogens is 268 g/mol. The Labute approximate surface area is 125 Å². The number of rotatable bonds is 7. The second kappa shape index (κ2) is 8.97. The minimum Gasteiger partial charge on any atom is -0.355 e. The molecule has 0 radical (unpaired) electrons. The lowest BCUT2D eigenvalue weighted by atomic mass is 10.1. The number of amides is 3. The molecule has 6 heteroatoms. The molecule has 1 unspecified atom stereocenters. The van der Waals surface area contributed by atoms with Crippen molar-refractivity contribution < 1.29 is 9.59 Å². The van der Waals surface area contributed by atoms with Crippen LogP contribution in [0.5, 0.6) is 0 Å². The summed E-state index contributed by atoms with van der Waals surface area (Å²) < 4.78 is 0. The van der Waals surface area contributed by atoms with Crippen LogP contribution in [0.2, 0.25) is 0 Å². The van der Waals surface area contributed by atoms with Crippen LogP contribution in [0, 0.1) is 0 Å². The lowest BCUT2D eigenvalue weighted by Gasteiger charge is -2.13. The first kappa shape index (κ1) is 17.0. The monoisotopic (exact) mass is 292 g/mol. The second-order valence-corrected chi connectivity index (χ2v) is 4.66. The highest BCUT2D eigenvalue weighted by Crippen LogP contribution is 2.15. The fraction of sp³-hybridized carbons (Fsp3) is 0.467. The maximum atomic E-state index is 11.6. The molecule has 0 aliphatic rings.